The monoisotopic (exact) mass is 531 g/mol. The molecule has 39 heavy (non-hydrogen) atoms. The minimum atomic E-state index is -0.517. The molecule has 1 fully saturated rings. The maximum absolute atomic E-state index is 15.1. The van der Waals surface area contributed by atoms with Gasteiger partial charge in [0.2, 0.25) is 11.9 Å². The predicted molar refractivity (Wildman–Crippen MR) is 145 cm³/mol. The van der Waals surface area contributed by atoms with Crippen LogP contribution in [0.1, 0.15) is 0 Å². The number of aliphatic hydroxyl groups is 1. The Bertz CT molecular complexity index is 1580. The molecular formula is C26H26FN9O3. The van der Waals surface area contributed by atoms with E-state index in [9.17, 15) is 9.59 Å². The normalized spacial score (nSPS) is 13.8. The lowest BCUT2D eigenvalue weighted by atomic mass is 10.2. The number of pyridine rings is 1. The molecule has 0 bridgehead atoms. The number of carbonyl (C=O) groups excluding carboxylic acids is 1. The molecule has 200 valence electrons. The van der Waals surface area contributed by atoms with E-state index in [0.29, 0.717) is 12.2 Å². The van der Waals surface area contributed by atoms with E-state index in [0.717, 1.165) is 37.9 Å². The molecule has 5 rings (SSSR count). The van der Waals surface area contributed by atoms with E-state index in [2.05, 4.69) is 46.9 Å². The molecule has 3 N–H and O–H groups in total. The van der Waals surface area contributed by atoms with Crippen LogP contribution in [0.2, 0.25) is 0 Å². The molecule has 1 aromatic carbocycles. The Balaban J connectivity index is 1.41. The molecule has 0 saturated carbocycles. The SMILES string of the molecule is C=CC(=O)Nc1cc(-n2cnc(=O)c3cnc(Nc4ccc(N5CCN(CCO)CC5)cc4F)nc32)ccn1. The Morgan fingerprint density at radius 2 is 1.92 bits per heavy atom. The van der Waals surface area contributed by atoms with Crippen LogP contribution < -0.4 is 21.1 Å². The molecule has 4 heterocycles. The zero-order chi connectivity index (χ0) is 27.4. The fourth-order valence-corrected chi connectivity index (χ4v) is 4.30. The van der Waals surface area contributed by atoms with Crippen LogP contribution in [0.4, 0.5) is 27.5 Å². The number of hydrogen-bond acceptors (Lipinski definition) is 10. The van der Waals surface area contributed by atoms with Gasteiger partial charge in [-0.3, -0.25) is 19.1 Å². The van der Waals surface area contributed by atoms with Crippen molar-refractivity contribution in [2.24, 2.45) is 0 Å². The summed E-state index contributed by atoms with van der Waals surface area (Å²) in [4.78, 5) is 45.0. The summed E-state index contributed by atoms with van der Waals surface area (Å²) in [5.41, 5.74) is 1.19. The van der Waals surface area contributed by atoms with Crippen LogP contribution in [0, 0.1) is 5.82 Å². The second-order valence-corrected chi connectivity index (χ2v) is 8.78. The first-order chi connectivity index (χ1) is 18.9. The number of benzene rings is 1. The first-order valence-corrected chi connectivity index (χ1v) is 12.2. The number of nitrogens with zero attached hydrogens (tertiary/aromatic N) is 7. The van der Waals surface area contributed by atoms with Crippen molar-refractivity contribution < 1.29 is 14.3 Å². The van der Waals surface area contributed by atoms with Crippen molar-refractivity contribution in [2.45, 2.75) is 0 Å². The molecule has 0 aliphatic carbocycles. The van der Waals surface area contributed by atoms with Gasteiger partial charge in [0.25, 0.3) is 5.56 Å². The average molecular weight is 532 g/mol. The molecule has 1 saturated heterocycles. The van der Waals surface area contributed by atoms with Crippen LogP contribution in [0.15, 0.2) is 66.5 Å². The molecule has 13 heteroatoms. The topological polar surface area (TPSA) is 141 Å². The lowest BCUT2D eigenvalue weighted by Crippen LogP contribution is -2.47. The number of fused-ring (bicyclic) bond motifs is 1. The summed E-state index contributed by atoms with van der Waals surface area (Å²) < 4.78 is 16.6. The number of carbonyl (C=O) groups is 1. The zero-order valence-corrected chi connectivity index (χ0v) is 20.9. The van der Waals surface area contributed by atoms with Gasteiger partial charge in [-0.15, -0.1) is 0 Å². The van der Waals surface area contributed by atoms with Gasteiger partial charge in [-0.1, -0.05) is 6.58 Å². The van der Waals surface area contributed by atoms with E-state index in [-0.39, 0.29) is 35.1 Å². The van der Waals surface area contributed by atoms with E-state index < -0.39 is 17.3 Å². The third-order valence-electron chi connectivity index (χ3n) is 6.33. The largest absolute Gasteiger partial charge is 0.395 e. The number of β-amino-alcohol motifs (C(OH)–C–C–N with tert-alkyl or cyclic N) is 1. The highest BCUT2D eigenvalue weighted by atomic mass is 19.1. The molecule has 0 unspecified atom stereocenters. The molecule has 1 aliphatic rings. The van der Waals surface area contributed by atoms with Crippen LogP contribution in [-0.4, -0.2) is 79.7 Å². The van der Waals surface area contributed by atoms with E-state index in [1.807, 2.05) is 6.07 Å². The number of aliphatic hydroxyl groups excluding tert-OH is 1. The van der Waals surface area contributed by atoms with Gasteiger partial charge < -0.3 is 20.6 Å². The molecule has 12 nitrogen and oxygen atoms in total. The minimum absolute atomic E-state index is 0.0837. The Morgan fingerprint density at radius 3 is 2.67 bits per heavy atom. The maximum Gasteiger partial charge on any atom is 0.283 e. The summed E-state index contributed by atoms with van der Waals surface area (Å²) in [6.45, 7) is 7.24. The van der Waals surface area contributed by atoms with Gasteiger partial charge in [-0.25, -0.2) is 14.4 Å². The highest BCUT2D eigenvalue weighted by Crippen LogP contribution is 2.25. The van der Waals surface area contributed by atoms with Crippen LogP contribution in [0.3, 0.4) is 0 Å². The highest BCUT2D eigenvalue weighted by Gasteiger charge is 2.18. The Kier molecular flexibility index (Phi) is 7.52. The quantitative estimate of drug-likeness (QED) is 0.288. The third kappa shape index (κ3) is 5.73. The highest BCUT2D eigenvalue weighted by molar-refractivity contribution is 5.98. The summed E-state index contributed by atoms with van der Waals surface area (Å²) >= 11 is 0. The van der Waals surface area contributed by atoms with Crippen molar-refractivity contribution in [1.82, 2.24) is 29.4 Å². The third-order valence-corrected chi connectivity index (χ3v) is 6.33. The number of amides is 1. The maximum atomic E-state index is 15.1. The van der Waals surface area contributed by atoms with E-state index in [4.69, 9.17) is 5.11 Å². The van der Waals surface area contributed by atoms with E-state index in [1.54, 1.807) is 22.8 Å². The van der Waals surface area contributed by atoms with Crippen molar-refractivity contribution in [3.05, 3.63) is 77.9 Å². The molecule has 0 atom stereocenters. The number of hydrogen-bond donors (Lipinski definition) is 3. The lowest BCUT2D eigenvalue weighted by Gasteiger charge is -2.35. The minimum Gasteiger partial charge on any atom is -0.395 e. The van der Waals surface area contributed by atoms with Gasteiger partial charge in [-0.05, 0) is 30.3 Å². The number of halogens is 1. The molecule has 0 spiro atoms. The van der Waals surface area contributed by atoms with Gasteiger partial charge in [0.1, 0.15) is 23.3 Å². The number of rotatable bonds is 8. The molecule has 3 aromatic heterocycles. The summed E-state index contributed by atoms with van der Waals surface area (Å²) in [5.74, 6) is -0.542. The number of anilines is 4. The molecule has 0 radical (unpaired) electrons. The van der Waals surface area contributed by atoms with Crippen molar-refractivity contribution >= 4 is 40.1 Å². The first kappa shape index (κ1) is 25.9. The first-order valence-electron chi connectivity index (χ1n) is 12.2. The van der Waals surface area contributed by atoms with Gasteiger partial charge >= 0.3 is 0 Å². The van der Waals surface area contributed by atoms with E-state index in [1.165, 1.54) is 24.8 Å². The fourth-order valence-electron chi connectivity index (χ4n) is 4.30. The predicted octanol–water partition coefficient (Wildman–Crippen LogP) is 1.69. The fraction of sp³-hybridized carbons (Fsp3) is 0.231. The number of aromatic nitrogens is 5. The lowest BCUT2D eigenvalue weighted by molar-refractivity contribution is -0.111. The standard InChI is InChI=1S/C26H26FN9O3/c1-2-23(38)32-22-14-18(5-6-28-22)36-16-30-25(39)19-15-29-26(33-24(19)36)31-21-4-3-17(13-20(21)27)35-9-7-34(8-10-35)11-12-37/h2-6,13-16,37H,1,7-12H2,(H,28,32,38)(H,29,31,33). The average Bonchev–Trinajstić information content (AvgIpc) is 2.95. The van der Waals surface area contributed by atoms with Gasteiger partial charge in [0, 0.05) is 56.9 Å². The Hall–Kier alpha value is -4.75. The molecular weight excluding hydrogens is 505 g/mol. The number of piperazine rings is 1. The van der Waals surface area contributed by atoms with Crippen LogP contribution in [-0.2, 0) is 4.79 Å². The van der Waals surface area contributed by atoms with Crippen molar-refractivity contribution in [1.29, 1.82) is 0 Å². The van der Waals surface area contributed by atoms with E-state index >= 15 is 4.39 Å². The molecule has 4 aromatic rings. The summed E-state index contributed by atoms with van der Waals surface area (Å²) in [7, 11) is 0. The second kappa shape index (κ2) is 11.3. The summed E-state index contributed by atoms with van der Waals surface area (Å²) in [6.07, 6.45) is 5.25. The van der Waals surface area contributed by atoms with Crippen molar-refractivity contribution in [3.63, 3.8) is 0 Å². The Morgan fingerprint density at radius 1 is 1.10 bits per heavy atom. The smallest absolute Gasteiger partial charge is 0.283 e. The van der Waals surface area contributed by atoms with Crippen LogP contribution in [0.25, 0.3) is 16.7 Å². The van der Waals surface area contributed by atoms with Crippen LogP contribution in [0.5, 0.6) is 0 Å². The van der Waals surface area contributed by atoms with Gasteiger partial charge in [-0.2, -0.15) is 9.97 Å². The van der Waals surface area contributed by atoms with Gasteiger partial charge in [0.05, 0.1) is 18.0 Å². The van der Waals surface area contributed by atoms with Crippen molar-refractivity contribution in [3.8, 4) is 5.69 Å². The molecule has 1 amide bonds. The number of nitrogens with one attached hydrogen (secondary N) is 2. The Labute approximate surface area is 222 Å². The zero-order valence-electron chi connectivity index (χ0n) is 20.9. The second-order valence-electron chi connectivity index (χ2n) is 8.78. The summed E-state index contributed by atoms with van der Waals surface area (Å²) in [6, 6.07) is 8.15. The van der Waals surface area contributed by atoms with Crippen molar-refractivity contribution in [2.75, 3.05) is 54.9 Å². The van der Waals surface area contributed by atoms with Gasteiger partial charge in [0.15, 0.2) is 5.65 Å². The van der Waals surface area contributed by atoms with Crippen LogP contribution >= 0.6 is 0 Å². The summed E-state index contributed by atoms with van der Waals surface area (Å²) in [5, 5.41) is 14.8. The molecule has 1 aliphatic heterocycles.